The summed E-state index contributed by atoms with van der Waals surface area (Å²) in [5.74, 6) is -0.175. The van der Waals surface area contributed by atoms with Crippen molar-refractivity contribution >= 4 is 38.3 Å². The summed E-state index contributed by atoms with van der Waals surface area (Å²) in [6.45, 7) is 1.69. The Morgan fingerprint density at radius 2 is 2.24 bits per heavy atom. The smallest absolute Gasteiger partial charge is 0.279 e. The van der Waals surface area contributed by atoms with Gasteiger partial charge in [0.1, 0.15) is 0 Å². The maximum Gasteiger partial charge on any atom is 0.279 e. The number of alkyl halides is 1. The van der Waals surface area contributed by atoms with E-state index in [1.165, 1.54) is 12.3 Å². The highest BCUT2D eigenvalue weighted by molar-refractivity contribution is 9.10. The molecule has 2 rings (SSSR count). The Labute approximate surface area is 105 Å². The van der Waals surface area contributed by atoms with Crippen LogP contribution in [0.2, 0.25) is 0 Å². The molecule has 88 valence electrons. The number of halogens is 1. The highest BCUT2D eigenvalue weighted by Gasteiger charge is 2.22. The van der Waals surface area contributed by atoms with E-state index in [1.54, 1.807) is 19.1 Å². The molecular weight excluding hydrogens is 288 g/mol. The van der Waals surface area contributed by atoms with E-state index in [2.05, 4.69) is 20.9 Å². The quantitative estimate of drug-likeness (QED) is 0.409. The second-order valence-corrected chi connectivity index (χ2v) is 5.01. The summed E-state index contributed by atoms with van der Waals surface area (Å²) >= 11 is 3.18. The van der Waals surface area contributed by atoms with Gasteiger partial charge in [-0.25, -0.2) is 0 Å². The first-order valence-corrected chi connectivity index (χ1v) is 5.86. The lowest BCUT2D eigenvalue weighted by atomic mass is 10.1. The summed E-state index contributed by atoms with van der Waals surface area (Å²) < 4.78 is 0. The largest absolute Gasteiger partial charge is 0.360 e. The van der Waals surface area contributed by atoms with Gasteiger partial charge in [0.15, 0.2) is 5.78 Å². The fourth-order valence-electron chi connectivity index (χ4n) is 1.73. The number of carbonyl (C=O) groups excluding carboxylic acids is 1. The summed E-state index contributed by atoms with van der Waals surface area (Å²) in [7, 11) is 0. The number of Topliss-reactive ketones (excluding diaryl/α,β-unsaturated/α-hetero) is 1. The number of hydrogen-bond acceptors (Lipinski definition) is 3. The summed E-state index contributed by atoms with van der Waals surface area (Å²) in [5, 5.41) is 11.3. The minimum Gasteiger partial charge on any atom is -0.360 e. The molecule has 1 heterocycles. The normalized spacial score (nSPS) is 12.6. The highest BCUT2D eigenvalue weighted by atomic mass is 79.9. The zero-order valence-electron chi connectivity index (χ0n) is 8.94. The van der Waals surface area contributed by atoms with Gasteiger partial charge >= 0.3 is 0 Å². The van der Waals surface area contributed by atoms with Gasteiger partial charge in [0.25, 0.3) is 5.69 Å². The molecule has 0 fully saturated rings. The molecule has 0 aliphatic heterocycles. The van der Waals surface area contributed by atoms with Crippen LogP contribution in [0.5, 0.6) is 0 Å². The van der Waals surface area contributed by atoms with E-state index in [-0.39, 0.29) is 16.3 Å². The molecule has 1 aromatic heterocycles. The summed E-state index contributed by atoms with van der Waals surface area (Å²) in [4.78, 5) is 24.9. The molecule has 1 unspecified atom stereocenters. The van der Waals surface area contributed by atoms with E-state index in [0.29, 0.717) is 16.5 Å². The molecule has 1 aromatic carbocycles. The molecule has 0 aliphatic rings. The molecule has 0 saturated carbocycles. The third kappa shape index (κ3) is 1.95. The first-order valence-electron chi connectivity index (χ1n) is 4.95. The van der Waals surface area contributed by atoms with Crippen molar-refractivity contribution in [3.8, 4) is 0 Å². The predicted octanol–water partition coefficient (Wildman–Crippen LogP) is 3.04. The lowest BCUT2D eigenvalue weighted by molar-refractivity contribution is -0.383. The number of nitrogens with one attached hydrogen (secondary N) is 1. The van der Waals surface area contributed by atoms with Gasteiger partial charge in [-0.1, -0.05) is 22.0 Å². The Hall–Kier alpha value is -1.69. The number of carbonyl (C=O) groups is 1. The monoisotopic (exact) mass is 296 g/mol. The molecule has 17 heavy (non-hydrogen) atoms. The minimum absolute atomic E-state index is 0.0553. The van der Waals surface area contributed by atoms with Crippen molar-refractivity contribution in [2.45, 2.75) is 11.8 Å². The van der Waals surface area contributed by atoms with Gasteiger partial charge in [0, 0.05) is 12.3 Å². The van der Waals surface area contributed by atoms with Gasteiger partial charge in [0.2, 0.25) is 0 Å². The Morgan fingerprint density at radius 1 is 1.53 bits per heavy atom. The summed E-state index contributed by atoms with van der Waals surface area (Å²) in [5.41, 5.74) is 0.882. The van der Waals surface area contributed by atoms with Crippen LogP contribution >= 0.6 is 15.9 Å². The van der Waals surface area contributed by atoms with E-state index >= 15 is 0 Å². The molecule has 0 spiro atoms. The number of H-pyrrole nitrogens is 1. The average Bonchev–Trinajstić information content (AvgIpc) is 2.70. The van der Waals surface area contributed by atoms with Gasteiger partial charge in [-0.05, 0) is 13.0 Å². The Morgan fingerprint density at radius 3 is 2.82 bits per heavy atom. The first kappa shape index (κ1) is 11.8. The highest BCUT2D eigenvalue weighted by Crippen LogP contribution is 2.29. The van der Waals surface area contributed by atoms with Crippen LogP contribution in [0.1, 0.15) is 17.3 Å². The number of nitro benzene ring substituents is 1. The number of fused-ring (bicyclic) bond motifs is 1. The summed E-state index contributed by atoms with van der Waals surface area (Å²) in [6, 6.07) is 4.69. The van der Waals surface area contributed by atoms with Crippen LogP contribution in [-0.2, 0) is 0 Å². The van der Waals surface area contributed by atoms with Crippen molar-refractivity contribution in [1.29, 1.82) is 0 Å². The molecule has 0 amide bonds. The molecular formula is C11H9BrN2O3. The fraction of sp³-hybridized carbons (Fsp3) is 0.182. The molecule has 5 nitrogen and oxygen atoms in total. The number of hydrogen-bond donors (Lipinski definition) is 1. The Balaban J connectivity index is 2.74. The molecule has 1 N–H and O–H groups in total. The van der Waals surface area contributed by atoms with Crippen LogP contribution in [0.4, 0.5) is 5.69 Å². The number of rotatable bonds is 3. The molecule has 1 atom stereocenters. The van der Waals surface area contributed by atoms with Crippen LogP contribution in [0, 0.1) is 10.1 Å². The second-order valence-electron chi connectivity index (χ2n) is 3.64. The summed E-state index contributed by atoms with van der Waals surface area (Å²) in [6.07, 6.45) is 1.51. The minimum atomic E-state index is -0.480. The first-order chi connectivity index (χ1) is 8.02. The average molecular weight is 297 g/mol. The van der Waals surface area contributed by atoms with Gasteiger partial charge < -0.3 is 4.98 Å². The van der Waals surface area contributed by atoms with E-state index < -0.39 is 4.92 Å². The molecule has 0 bridgehead atoms. The van der Waals surface area contributed by atoms with E-state index in [9.17, 15) is 14.9 Å². The zero-order valence-corrected chi connectivity index (χ0v) is 10.5. The standard InChI is InChI=1S/C11H9BrN2O3/c1-6(12)11(15)7-5-13-8-3-2-4-9(10(7)8)14(16)17/h2-6,13H,1H3. The molecule has 0 aliphatic carbocycles. The third-order valence-electron chi connectivity index (χ3n) is 2.51. The van der Waals surface area contributed by atoms with Crippen LogP contribution in [0.25, 0.3) is 10.9 Å². The van der Waals surface area contributed by atoms with Crippen LogP contribution in [0.15, 0.2) is 24.4 Å². The number of non-ortho nitro benzene ring substituents is 1. The van der Waals surface area contributed by atoms with Crippen LogP contribution < -0.4 is 0 Å². The van der Waals surface area contributed by atoms with E-state index in [1.807, 2.05) is 0 Å². The van der Waals surface area contributed by atoms with Crippen molar-refractivity contribution in [2.24, 2.45) is 0 Å². The van der Waals surface area contributed by atoms with Crippen LogP contribution in [0.3, 0.4) is 0 Å². The SMILES string of the molecule is CC(Br)C(=O)c1c[nH]c2cccc([N+](=O)[O-])c12. The Bertz CT molecular complexity index is 604. The van der Waals surface area contributed by atoms with Crippen molar-refractivity contribution in [3.05, 3.63) is 40.1 Å². The van der Waals surface area contributed by atoms with Crippen molar-refractivity contribution in [2.75, 3.05) is 0 Å². The maximum atomic E-state index is 11.9. The number of aromatic amines is 1. The van der Waals surface area contributed by atoms with Crippen LogP contribution in [-0.4, -0.2) is 20.5 Å². The number of nitro groups is 1. The number of ketones is 1. The van der Waals surface area contributed by atoms with Gasteiger partial charge in [-0.3, -0.25) is 14.9 Å². The van der Waals surface area contributed by atoms with Crippen molar-refractivity contribution in [3.63, 3.8) is 0 Å². The number of aromatic nitrogens is 1. The van der Waals surface area contributed by atoms with Crippen molar-refractivity contribution in [1.82, 2.24) is 4.98 Å². The molecule has 0 radical (unpaired) electrons. The number of nitrogens with zero attached hydrogens (tertiary/aromatic N) is 1. The predicted molar refractivity (Wildman–Crippen MR) is 67.7 cm³/mol. The van der Waals surface area contributed by atoms with Gasteiger partial charge in [0.05, 0.1) is 26.2 Å². The Kier molecular flexibility index (Phi) is 2.97. The lowest BCUT2D eigenvalue weighted by Crippen LogP contribution is -2.09. The fourth-order valence-corrected chi connectivity index (χ4v) is 1.97. The maximum absolute atomic E-state index is 11.9. The van der Waals surface area contributed by atoms with Gasteiger partial charge in [-0.15, -0.1) is 0 Å². The topological polar surface area (TPSA) is 76.0 Å². The van der Waals surface area contributed by atoms with E-state index in [0.717, 1.165) is 0 Å². The van der Waals surface area contributed by atoms with E-state index in [4.69, 9.17) is 0 Å². The molecule has 0 saturated heterocycles. The zero-order chi connectivity index (χ0) is 12.6. The number of benzene rings is 1. The lowest BCUT2D eigenvalue weighted by Gasteiger charge is -2.01. The molecule has 6 heteroatoms. The second kappa shape index (κ2) is 4.29. The van der Waals surface area contributed by atoms with Crippen molar-refractivity contribution < 1.29 is 9.72 Å². The molecule has 2 aromatic rings. The van der Waals surface area contributed by atoms with Gasteiger partial charge in [-0.2, -0.15) is 0 Å². The third-order valence-corrected chi connectivity index (χ3v) is 2.92.